The van der Waals surface area contributed by atoms with Gasteiger partial charge in [0.15, 0.2) is 0 Å². The van der Waals surface area contributed by atoms with Gasteiger partial charge >= 0.3 is 0 Å². The molecule has 0 aliphatic heterocycles. The molecule has 0 amide bonds. The Balaban J connectivity index is 3.53. The van der Waals surface area contributed by atoms with Crippen LogP contribution in [0.25, 0.3) is 0 Å². The van der Waals surface area contributed by atoms with E-state index in [1.54, 1.807) is 0 Å². The number of aliphatic hydroxyl groups is 1. The van der Waals surface area contributed by atoms with Crippen LogP contribution in [-0.2, 0) is 0 Å². The van der Waals surface area contributed by atoms with E-state index in [1.807, 2.05) is 0 Å². The number of unbranched alkanes of at least 4 members (excludes halogenated alkanes) is 11. The third kappa shape index (κ3) is 13.3. The second-order valence-corrected chi connectivity index (χ2v) is 6.91. The fourth-order valence-electron chi connectivity index (χ4n) is 2.97. The van der Waals surface area contributed by atoms with E-state index in [2.05, 4.69) is 13.8 Å². The van der Waals surface area contributed by atoms with Crippen LogP contribution in [0, 0.1) is 0 Å². The van der Waals surface area contributed by atoms with Gasteiger partial charge in [-0.2, -0.15) is 0 Å². The average Bonchev–Trinajstić information content (AvgIpc) is 2.50. The lowest BCUT2D eigenvalue weighted by Crippen LogP contribution is -2.43. The highest BCUT2D eigenvalue weighted by atomic mass is 16.3. The Morgan fingerprint density at radius 1 is 0.619 bits per heavy atom. The number of hydrogen-bond donors (Lipinski definition) is 2. The van der Waals surface area contributed by atoms with Crippen molar-refractivity contribution in [3.05, 3.63) is 0 Å². The second-order valence-electron chi connectivity index (χ2n) is 6.91. The molecular weight excluding hydrogens is 258 g/mol. The van der Waals surface area contributed by atoms with Crippen molar-refractivity contribution < 1.29 is 5.11 Å². The van der Waals surface area contributed by atoms with Crippen molar-refractivity contribution in [3.63, 3.8) is 0 Å². The summed E-state index contributed by atoms with van der Waals surface area (Å²) in [6.07, 6.45) is 19.0. The normalized spacial score (nSPS) is 14.3. The predicted molar refractivity (Wildman–Crippen MR) is 94.6 cm³/mol. The molecule has 0 aliphatic rings. The molecule has 0 rings (SSSR count). The van der Waals surface area contributed by atoms with Crippen LogP contribution in [0.5, 0.6) is 0 Å². The molecule has 1 atom stereocenters. The summed E-state index contributed by atoms with van der Waals surface area (Å²) < 4.78 is 0. The van der Waals surface area contributed by atoms with Crippen LogP contribution in [-0.4, -0.2) is 17.3 Å². The number of aliphatic hydroxyl groups excluding tert-OH is 1. The van der Waals surface area contributed by atoms with Crippen molar-refractivity contribution in [2.75, 3.05) is 6.61 Å². The third-order valence-corrected chi connectivity index (χ3v) is 4.62. The van der Waals surface area contributed by atoms with Gasteiger partial charge in [-0.25, -0.2) is 0 Å². The maximum atomic E-state index is 9.56. The van der Waals surface area contributed by atoms with E-state index in [9.17, 15) is 5.11 Å². The standard InChI is InChI=1S/C19H41NO/c1-3-5-7-9-10-11-13-15-17-19(20,18-21)16-14-12-8-6-4-2/h21H,3-18,20H2,1-2H3. The van der Waals surface area contributed by atoms with Crippen molar-refractivity contribution in [1.82, 2.24) is 0 Å². The molecule has 0 aromatic carbocycles. The molecule has 0 radical (unpaired) electrons. The fraction of sp³-hybridized carbons (Fsp3) is 1.00. The zero-order chi connectivity index (χ0) is 15.8. The second kappa shape index (κ2) is 14.8. The minimum Gasteiger partial charge on any atom is -0.394 e. The van der Waals surface area contributed by atoms with Crippen LogP contribution in [0.3, 0.4) is 0 Å². The quantitative estimate of drug-likeness (QED) is 0.366. The summed E-state index contributed by atoms with van der Waals surface area (Å²) in [5.74, 6) is 0. The highest BCUT2D eigenvalue weighted by molar-refractivity contribution is 4.83. The molecule has 0 aliphatic carbocycles. The van der Waals surface area contributed by atoms with Gasteiger partial charge < -0.3 is 10.8 Å². The summed E-state index contributed by atoms with van der Waals surface area (Å²) >= 11 is 0. The lowest BCUT2D eigenvalue weighted by Gasteiger charge is -2.27. The molecule has 0 heterocycles. The van der Waals surface area contributed by atoms with Crippen molar-refractivity contribution in [2.45, 2.75) is 116 Å². The highest BCUT2D eigenvalue weighted by Crippen LogP contribution is 2.20. The first-order valence-electron chi connectivity index (χ1n) is 9.58. The molecule has 0 spiro atoms. The molecule has 0 fully saturated rings. The first-order chi connectivity index (χ1) is 10.2. The van der Waals surface area contributed by atoms with E-state index in [0.717, 1.165) is 12.8 Å². The Kier molecular flexibility index (Phi) is 14.8. The van der Waals surface area contributed by atoms with Crippen molar-refractivity contribution in [3.8, 4) is 0 Å². The Hall–Kier alpha value is -0.0800. The van der Waals surface area contributed by atoms with E-state index in [-0.39, 0.29) is 12.1 Å². The van der Waals surface area contributed by atoms with Gasteiger partial charge in [-0.1, -0.05) is 97.3 Å². The molecule has 2 heteroatoms. The van der Waals surface area contributed by atoms with Crippen LogP contribution in [0.15, 0.2) is 0 Å². The zero-order valence-corrected chi connectivity index (χ0v) is 14.8. The molecule has 0 saturated carbocycles. The Labute approximate surface area is 133 Å². The van der Waals surface area contributed by atoms with Crippen LogP contribution in [0.4, 0.5) is 0 Å². The molecular formula is C19H41NO. The number of hydrogen-bond acceptors (Lipinski definition) is 2. The summed E-state index contributed by atoms with van der Waals surface area (Å²) in [4.78, 5) is 0. The zero-order valence-electron chi connectivity index (χ0n) is 14.8. The van der Waals surface area contributed by atoms with Crippen molar-refractivity contribution in [2.24, 2.45) is 5.73 Å². The fourth-order valence-corrected chi connectivity index (χ4v) is 2.97. The summed E-state index contributed by atoms with van der Waals surface area (Å²) in [7, 11) is 0. The summed E-state index contributed by atoms with van der Waals surface area (Å²) in [5.41, 5.74) is 6.03. The average molecular weight is 300 g/mol. The minimum atomic E-state index is -0.311. The van der Waals surface area contributed by atoms with E-state index in [4.69, 9.17) is 5.73 Å². The van der Waals surface area contributed by atoms with E-state index in [1.165, 1.54) is 83.5 Å². The largest absolute Gasteiger partial charge is 0.394 e. The molecule has 2 nitrogen and oxygen atoms in total. The van der Waals surface area contributed by atoms with Crippen LogP contribution >= 0.6 is 0 Å². The molecule has 0 aromatic heterocycles. The maximum Gasteiger partial charge on any atom is 0.0611 e. The van der Waals surface area contributed by atoms with Crippen molar-refractivity contribution >= 4 is 0 Å². The molecule has 0 aromatic rings. The third-order valence-electron chi connectivity index (χ3n) is 4.62. The first-order valence-corrected chi connectivity index (χ1v) is 9.58. The van der Waals surface area contributed by atoms with Crippen LogP contribution in [0.1, 0.15) is 110 Å². The Morgan fingerprint density at radius 3 is 1.29 bits per heavy atom. The van der Waals surface area contributed by atoms with Crippen LogP contribution in [0.2, 0.25) is 0 Å². The lowest BCUT2D eigenvalue weighted by atomic mass is 9.88. The van der Waals surface area contributed by atoms with E-state index in [0.29, 0.717) is 0 Å². The SMILES string of the molecule is CCCCCCCCCCC(N)(CO)CCCCCCC. The van der Waals surface area contributed by atoms with Crippen molar-refractivity contribution in [1.29, 1.82) is 0 Å². The van der Waals surface area contributed by atoms with E-state index < -0.39 is 0 Å². The monoisotopic (exact) mass is 299 g/mol. The Bertz CT molecular complexity index is 208. The summed E-state index contributed by atoms with van der Waals surface area (Å²) in [6.45, 7) is 4.65. The van der Waals surface area contributed by atoms with Gasteiger partial charge in [0.2, 0.25) is 0 Å². The molecule has 21 heavy (non-hydrogen) atoms. The summed E-state index contributed by atoms with van der Waals surface area (Å²) in [6, 6.07) is 0. The molecule has 128 valence electrons. The smallest absolute Gasteiger partial charge is 0.0611 e. The predicted octanol–water partition coefficient (Wildman–Crippen LogP) is 5.57. The van der Waals surface area contributed by atoms with Gasteiger partial charge in [0.25, 0.3) is 0 Å². The minimum absolute atomic E-state index is 0.150. The molecule has 0 bridgehead atoms. The van der Waals surface area contributed by atoms with Gasteiger partial charge in [-0.15, -0.1) is 0 Å². The van der Waals surface area contributed by atoms with Gasteiger partial charge in [-0.05, 0) is 12.8 Å². The topological polar surface area (TPSA) is 46.2 Å². The molecule has 0 saturated heterocycles. The lowest BCUT2D eigenvalue weighted by molar-refractivity contribution is 0.171. The molecule has 1 unspecified atom stereocenters. The number of rotatable bonds is 16. The van der Waals surface area contributed by atoms with Crippen LogP contribution < -0.4 is 5.73 Å². The van der Waals surface area contributed by atoms with Gasteiger partial charge in [0.05, 0.1) is 6.61 Å². The highest BCUT2D eigenvalue weighted by Gasteiger charge is 2.22. The molecule has 3 N–H and O–H groups in total. The van der Waals surface area contributed by atoms with E-state index >= 15 is 0 Å². The van der Waals surface area contributed by atoms with Gasteiger partial charge in [-0.3, -0.25) is 0 Å². The van der Waals surface area contributed by atoms with Gasteiger partial charge in [0, 0.05) is 5.54 Å². The first kappa shape index (κ1) is 20.9. The maximum absolute atomic E-state index is 9.56. The Morgan fingerprint density at radius 2 is 0.952 bits per heavy atom. The number of nitrogens with two attached hydrogens (primary N) is 1. The van der Waals surface area contributed by atoms with Gasteiger partial charge in [0.1, 0.15) is 0 Å². The summed E-state index contributed by atoms with van der Waals surface area (Å²) in [5, 5.41) is 9.56.